The lowest BCUT2D eigenvalue weighted by Gasteiger charge is -2.47. The first-order valence-corrected chi connectivity index (χ1v) is 10.7. The first-order chi connectivity index (χ1) is 15.3. The fourth-order valence-electron chi connectivity index (χ4n) is 4.01. The summed E-state index contributed by atoms with van der Waals surface area (Å²) >= 11 is 1.26. The molecule has 0 aliphatic carbocycles. The van der Waals surface area contributed by atoms with Crippen molar-refractivity contribution >= 4 is 28.5 Å². The Bertz CT molecular complexity index is 1040. The summed E-state index contributed by atoms with van der Waals surface area (Å²) in [5.74, 6) is -1.32. The Kier molecular flexibility index (Phi) is 6.33. The number of nitrogens with one attached hydrogen (secondary N) is 1. The zero-order valence-corrected chi connectivity index (χ0v) is 17.4. The van der Waals surface area contributed by atoms with Gasteiger partial charge in [0.15, 0.2) is 5.17 Å². The van der Waals surface area contributed by atoms with Crippen LogP contribution in [0.5, 0.6) is 0 Å². The molecule has 4 rings (SSSR count). The molecule has 1 aromatic heterocycles. The van der Waals surface area contributed by atoms with Crippen molar-refractivity contribution in [2.24, 2.45) is 16.6 Å². The van der Waals surface area contributed by atoms with Crippen molar-refractivity contribution in [3.05, 3.63) is 53.4 Å². The molecule has 2 aliphatic heterocycles. The highest BCUT2D eigenvalue weighted by molar-refractivity contribution is 8.13. The van der Waals surface area contributed by atoms with Crippen molar-refractivity contribution in [3.8, 4) is 0 Å². The standard InChI is InChI=1S/C20H19F4N5O2S/c21-6-16-12-9-32-19(25)29-20(12,3-4-31-16)11-5-10(1-2-13(11)22)28-18(30)15-8-26-14(7-27-15)17(23)24/h1-2,5,7-8,12,16-17H,3-4,6,9H2,(H2,25,29)(H,28,30)/t12-,16-,20-/m1/s1. The molecule has 12 heteroatoms. The zero-order chi connectivity index (χ0) is 22.9. The minimum atomic E-state index is -2.80. The number of carbonyl (C=O) groups excluding carboxylic acids is 1. The summed E-state index contributed by atoms with van der Waals surface area (Å²) in [5, 5.41) is 2.82. The number of alkyl halides is 3. The summed E-state index contributed by atoms with van der Waals surface area (Å²) in [4.78, 5) is 24.2. The molecule has 0 radical (unpaired) electrons. The summed E-state index contributed by atoms with van der Waals surface area (Å²) in [6, 6.07) is 3.95. The Balaban J connectivity index is 1.66. The van der Waals surface area contributed by atoms with Gasteiger partial charge in [-0.1, -0.05) is 11.8 Å². The molecule has 0 spiro atoms. The number of thioether (sulfide) groups is 1. The van der Waals surface area contributed by atoms with Crippen molar-refractivity contribution in [2.45, 2.75) is 24.5 Å². The molecule has 0 unspecified atom stereocenters. The number of amides is 1. The van der Waals surface area contributed by atoms with Gasteiger partial charge in [-0.25, -0.2) is 22.5 Å². The monoisotopic (exact) mass is 469 g/mol. The molecule has 1 amide bonds. The topological polar surface area (TPSA) is 102 Å². The summed E-state index contributed by atoms with van der Waals surface area (Å²) < 4.78 is 59.4. The minimum absolute atomic E-state index is 0.171. The number of fused-ring (bicyclic) bond motifs is 1. The maximum Gasteiger partial charge on any atom is 0.281 e. The number of ether oxygens (including phenoxy) is 1. The minimum Gasteiger partial charge on any atom is -0.379 e. The smallest absolute Gasteiger partial charge is 0.281 e. The third-order valence-corrected chi connectivity index (χ3v) is 6.48. The summed E-state index contributed by atoms with van der Waals surface area (Å²) in [6.07, 6.45) is -1.51. The molecule has 32 heavy (non-hydrogen) atoms. The van der Waals surface area contributed by atoms with Crippen LogP contribution < -0.4 is 11.1 Å². The van der Waals surface area contributed by atoms with Crippen molar-refractivity contribution in [3.63, 3.8) is 0 Å². The predicted octanol–water partition coefficient (Wildman–Crippen LogP) is 3.44. The van der Waals surface area contributed by atoms with E-state index in [9.17, 15) is 18.0 Å². The molecular formula is C20H19F4N5O2S. The van der Waals surface area contributed by atoms with Crippen molar-refractivity contribution in [2.75, 3.05) is 24.4 Å². The number of aliphatic imine (C=N–C) groups is 1. The molecule has 1 saturated heterocycles. The SMILES string of the molecule is NC1=N[C@@]2(c3cc(NC(=O)c4cnc(C(F)F)cn4)ccc3F)CCO[C@H](CF)[C@H]2CS1. The van der Waals surface area contributed by atoms with Crippen LogP contribution in [-0.2, 0) is 10.3 Å². The van der Waals surface area contributed by atoms with Crippen LogP contribution in [0.25, 0.3) is 0 Å². The van der Waals surface area contributed by atoms with Crippen LogP contribution in [0.15, 0.2) is 35.6 Å². The van der Waals surface area contributed by atoms with Crippen LogP contribution in [0.4, 0.5) is 23.2 Å². The largest absolute Gasteiger partial charge is 0.379 e. The number of aromatic nitrogens is 2. The first kappa shape index (κ1) is 22.5. The highest BCUT2D eigenvalue weighted by Crippen LogP contribution is 2.48. The molecule has 7 nitrogen and oxygen atoms in total. The molecule has 3 heterocycles. The van der Waals surface area contributed by atoms with E-state index in [-0.39, 0.29) is 28.7 Å². The molecule has 3 atom stereocenters. The summed E-state index contributed by atoms with van der Waals surface area (Å²) in [7, 11) is 0. The molecule has 2 aromatic rings. The van der Waals surface area contributed by atoms with E-state index < -0.39 is 48.1 Å². The van der Waals surface area contributed by atoms with E-state index in [1.54, 1.807) is 0 Å². The van der Waals surface area contributed by atoms with Gasteiger partial charge in [-0.3, -0.25) is 14.8 Å². The highest BCUT2D eigenvalue weighted by atomic mass is 32.2. The number of halogens is 4. The molecule has 0 saturated carbocycles. The predicted molar refractivity (Wildman–Crippen MR) is 111 cm³/mol. The quantitative estimate of drug-likeness (QED) is 0.651. The van der Waals surface area contributed by atoms with Gasteiger partial charge in [0.2, 0.25) is 0 Å². The molecule has 0 bridgehead atoms. The molecule has 1 fully saturated rings. The van der Waals surface area contributed by atoms with Gasteiger partial charge in [-0.15, -0.1) is 0 Å². The lowest BCUT2D eigenvalue weighted by molar-refractivity contribution is -0.0714. The summed E-state index contributed by atoms with van der Waals surface area (Å²) in [5.41, 5.74) is 4.48. The number of rotatable bonds is 5. The number of anilines is 1. The van der Waals surface area contributed by atoms with Crippen LogP contribution in [0, 0.1) is 11.7 Å². The average Bonchev–Trinajstić information content (AvgIpc) is 2.79. The van der Waals surface area contributed by atoms with Gasteiger partial charge >= 0.3 is 0 Å². The van der Waals surface area contributed by atoms with Crippen LogP contribution in [0.1, 0.15) is 34.6 Å². The van der Waals surface area contributed by atoms with Gasteiger partial charge in [-0.05, 0) is 18.2 Å². The average molecular weight is 469 g/mol. The second-order valence-electron chi connectivity index (χ2n) is 7.38. The van der Waals surface area contributed by atoms with Gasteiger partial charge in [0.05, 0.1) is 24.0 Å². The molecular weight excluding hydrogens is 450 g/mol. The Morgan fingerprint density at radius 3 is 2.84 bits per heavy atom. The maximum atomic E-state index is 15.0. The van der Waals surface area contributed by atoms with E-state index in [0.717, 1.165) is 12.4 Å². The fraction of sp³-hybridized carbons (Fsp3) is 0.400. The lowest BCUT2D eigenvalue weighted by Crippen LogP contribution is -2.52. The third kappa shape index (κ3) is 4.16. The van der Waals surface area contributed by atoms with E-state index in [0.29, 0.717) is 12.2 Å². The second-order valence-corrected chi connectivity index (χ2v) is 8.42. The van der Waals surface area contributed by atoms with Gasteiger partial charge in [0, 0.05) is 35.9 Å². The van der Waals surface area contributed by atoms with E-state index in [1.807, 2.05) is 0 Å². The van der Waals surface area contributed by atoms with E-state index in [4.69, 9.17) is 10.5 Å². The van der Waals surface area contributed by atoms with Gasteiger partial charge < -0.3 is 15.8 Å². The van der Waals surface area contributed by atoms with Gasteiger partial charge in [0.25, 0.3) is 12.3 Å². The molecule has 170 valence electrons. The highest BCUT2D eigenvalue weighted by Gasteiger charge is 2.51. The Hall–Kier alpha value is -2.73. The van der Waals surface area contributed by atoms with E-state index in [2.05, 4.69) is 20.3 Å². The number of nitrogens with zero attached hydrogens (tertiary/aromatic N) is 3. The first-order valence-electron chi connectivity index (χ1n) is 9.71. The van der Waals surface area contributed by atoms with Crippen molar-refractivity contribution in [1.82, 2.24) is 9.97 Å². The Morgan fingerprint density at radius 1 is 1.34 bits per heavy atom. The second kappa shape index (κ2) is 9.02. The third-order valence-electron chi connectivity index (χ3n) is 5.57. The molecule has 3 N–H and O–H groups in total. The number of nitrogens with two attached hydrogens (primary N) is 1. The van der Waals surface area contributed by atoms with E-state index >= 15 is 4.39 Å². The number of amidine groups is 1. The van der Waals surface area contributed by atoms with Crippen LogP contribution in [0.3, 0.4) is 0 Å². The fourth-order valence-corrected chi connectivity index (χ4v) is 5.08. The zero-order valence-electron chi connectivity index (χ0n) is 16.6. The Morgan fingerprint density at radius 2 is 2.16 bits per heavy atom. The van der Waals surface area contributed by atoms with Crippen molar-refractivity contribution in [1.29, 1.82) is 0 Å². The number of hydrogen-bond acceptors (Lipinski definition) is 7. The van der Waals surface area contributed by atoms with E-state index in [1.165, 1.54) is 30.0 Å². The van der Waals surface area contributed by atoms with Crippen LogP contribution >= 0.6 is 11.8 Å². The Labute approximate surface area is 184 Å². The maximum absolute atomic E-state index is 15.0. The number of benzene rings is 1. The molecule has 2 aliphatic rings. The van der Waals surface area contributed by atoms with Crippen molar-refractivity contribution < 1.29 is 27.1 Å². The van der Waals surface area contributed by atoms with Crippen LogP contribution in [0.2, 0.25) is 0 Å². The number of hydrogen-bond donors (Lipinski definition) is 2. The lowest BCUT2D eigenvalue weighted by atomic mass is 9.72. The van der Waals surface area contributed by atoms with Gasteiger partial charge in [0.1, 0.15) is 23.9 Å². The van der Waals surface area contributed by atoms with Gasteiger partial charge in [-0.2, -0.15) is 0 Å². The molecule has 1 aromatic carbocycles. The summed E-state index contributed by atoms with van der Waals surface area (Å²) in [6.45, 7) is -0.567. The normalized spacial score (nSPS) is 25.2. The number of carbonyl (C=O) groups is 1. The van der Waals surface area contributed by atoms with Crippen LogP contribution in [-0.4, -0.2) is 46.2 Å².